The van der Waals surface area contributed by atoms with Gasteiger partial charge in [-0.05, 0) is 70.1 Å². The van der Waals surface area contributed by atoms with Crippen LogP contribution in [0.2, 0.25) is 0 Å². The molecule has 1 heterocycles. The zero-order chi connectivity index (χ0) is 18.4. The Balaban J connectivity index is 1.41. The lowest BCUT2D eigenvalue weighted by atomic mass is 9.52. The van der Waals surface area contributed by atoms with Gasteiger partial charge in [-0.25, -0.2) is 4.79 Å². The summed E-state index contributed by atoms with van der Waals surface area (Å²) in [7, 11) is 0. The Bertz CT molecular complexity index is 563. The monoisotopic (exact) mass is 362 g/mol. The normalized spacial score (nSPS) is 43.2. The van der Waals surface area contributed by atoms with Crippen LogP contribution in [0, 0.1) is 11.8 Å². The number of hydrogen-bond donors (Lipinski definition) is 0. The standard InChI is InChI=1S/C22H34O4/c1-4-5-20(6-8-24-20)7-9-25-21-11-17-10-18(12-21)14-22(13-17,15-21)26-19(23)16(2)3/h17-18H,2,4-15H2,1,3H3. The first-order chi connectivity index (χ1) is 12.4. The highest BCUT2D eigenvalue weighted by molar-refractivity contribution is 5.87. The second-order valence-electron chi connectivity index (χ2n) is 9.63. The average Bonchev–Trinajstić information content (AvgIpc) is 2.50. The molecule has 0 aromatic rings. The predicted octanol–water partition coefficient (Wildman–Crippen LogP) is 4.56. The molecule has 4 aliphatic carbocycles. The van der Waals surface area contributed by atoms with Crippen LogP contribution in [0.1, 0.15) is 78.1 Å². The zero-order valence-corrected chi connectivity index (χ0v) is 16.5. The van der Waals surface area contributed by atoms with Gasteiger partial charge in [0.1, 0.15) is 5.60 Å². The van der Waals surface area contributed by atoms with Crippen molar-refractivity contribution in [2.45, 2.75) is 94.9 Å². The zero-order valence-electron chi connectivity index (χ0n) is 16.5. The number of ether oxygens (including phenoxy) is 3. The Morgan fingerprint density at radius 3 is 2.35 bits per heavy atom. The van der Waals surface area contributed by atoms with Crippen LogP contribution in [0.25, 0.3) is 0 Å². The van der Waals surface area contributed by atoms with Crippen LogP contribution < -0.4 is 0 Å². The smallest absolute Gasteiger partial charge is 0.333 e. The topological polar surface area (TPSA) is 44.8 Å². The molecule has 5 aliphatic rings. The van der Waals surface area contributed by atoms with E-state index in [9.17, 15) is 4.79 Å². The van der Waals surface area contributed by atoms with E-state index in [0.717, 1.165) is 64.6 Å². The second-order valence-corrected chi connectivity index (χ2v) is 9.63. The van der Waals surface area contributed by atoms with Crippen LogP contribution in [0.3, 0.4) is 0 Å². The Hall–Kier alpha value is -0.870. The molecule has 4 bridgehead atoms. The van der Waals surface area contributed by atoms with Crippen LogP contribution in [0.5, 0.6) is 0 Å². The lowest BCUT2D eigenvalue weighted by Gasteiger charge is -2.60. The third-order valence-electron chi connectivity index (χ3n) is 7.25. The molecule has 0 aromatic heterocycles. The van der Waals surface area contributed by atoms with E-state index in [4.69, 9.17) is 14.2 Å². The summed E-state index contributed by atoms with van der Waals surface area (Å²) in [4.78, 5) is 12.2. The van der Waals surface area contributed by atoms with Gasteiger partial charge in [0.05, 0.1) is 24.4 Å². The molecule has 0 amide bonds. The molecule has 1 saturated heterocycles. The predicted molar refractivity (Wildman–Crippen MR) is 99.8 cm³/mol. The van der Waals surface area contributed by atoms with Gasteiger partial charge in [0.2, 0.25) is 0 Å². The van der Waals surface area contributed by atoms with Crippen molar-refractivity contribution in [2.75, 3.05) is 13.2 Å². The largest absolute Gasteiger partial charge is 0.456 e. The maximum Gasteiger partial charge on any atom is 0.333 e. The number of rotatable bonds is 8. The minimum absolute atomic E-state index is 0.0706. The first-order valence-corrected chi connectivity index (χ1v) is 10.5. The molecule has 5 rings (SSSR count). The average molecular weight is 363 g/mol. The fourth-order valence-corrected chi connectivity index (χ4v) is 6.49. The molecule has 4 saturated carbocycles. The molecule has 4 heteroatoms. The van der Waals surface area contributed by atoms with Gasteiger partial charge < -0.3 is 14.2 Å². The molecule has 0 N–H and O–H groups in total. The highest BCUT2D eigenvalue weighted by atomic mass is 16.6. The molecule has 0 radical (unpaired) electrons. The van der Waals surface area contributed by atoms with Crippen molar-refractivity contribution in [1.29, 1.82) is 0 Å². The van der Waals surface area contributed by atoms with E-state index in [1.165, 1.54) is 12.8 Å². The Morgan fingerprint density at radius 2 is 1.81 bits per heavy atom. The summed E-state index contributed by atoms with van der Waals surface area (Å²) in [6.45, 7) is 9.39. The van der Waals surface area contributed by atoms with Gasteiger partial charge in [-0.1, -0.05) is 19.9 Å². The molecule has 0 spiro atoms. The Kier molecular flexibility index (Phi) is 4.71. The summed E-state index contributed by atoms with van der Waals surface area (Å²) in [5.74, 6) is 1.05. The van der Waals surface area contributed by atoms with Gasteiger partial charge in [0, 0.05) is 12.0 Å². The van der Waals surface area contributed by atoms with Gasteiger partial charge in [0.25, 0.3) is 0 Å². The third kappa shape index (κ3) is 3.35. The quantitative estimate of drug-likeness (QED) is 0.469. The summed E-state index contributed by atoms with van der Waals surface area (Å²) in [6, 6.07) is 0. The SMILES string of the molecule is C=C(C)C(=O)OC12CC3CC(CC(OCCC4(CCC)CCO4)(C3)C1)C2. The van der Waals surface area contributed by atoms with E-state index in [0.29, 0.717) is 17.4 Å². The van der Waals surface area contributed by atoms with Crippen molar-refractivity contribution < 1.29 is 19.0 Å². The van der Waals surface area contributed by atoms with Crippen molar-refractivity contribution in [3.8, 4) is 0 Å². The van der Waals surface area contributed by atoms with Crippen molar-refractivity contribution in [1.82, 2.24) is 0 Å². The van der Waals surface area contributed by atoms with Crippen LogP contribution in [-0.4, -0.2) is 36.0 Å². The third-order valence-corrected chi connectivity index (χ3v) is 7.25. The lowest BCUT2D eigenvalue weighted by Crippen LogP contribution is -2.61. The molecule has 3 unspecified atom stereocenters. The Morgan fingerprint density at radius 1 is 1.15 bits per heavy atom. The molecule has 4 nitrogen and oxygen atoms in total. The highest BCUT2D eigenvalue weighted by Gasteiger charge is 2.60. The van der Waals surface area contributed by atoms with E-state index in [2.05, 4.69) is 13.5 Å². The molecule has 5 fully saturated rings. The maximum absolute atomic E-state index is 12.2. The van der Waals surface area contributed by atoms with Crippen LogP contribution >= 0.6 is 0 Å². The van der Waals surface area contributed by atoms with Crippen molar-refractivity contribution in [3.05, 3.63) is 12.2 Å². The number of carbonyl (C=O) groups excluding carboxylic acids is 1. The molecule has 1 aliphatic heterocycles. The molecular formula is C22H34O4. The number of hydrogen-bond acceptors (Lipinski definition) is 4. The fraction of sp³-hybridized carbons (Fsp3) is 0.864. The number of esters is 1. The van der Waals surface area contributed by atoms with Crippen molar-refractivity contribution >= 4 is 5.97 Å². The minimum atomic E-state index is -0.311. The molecule has 3 atom stereocenters. The highest BCUT2D eigenvalue weighted by Crippen LogP contribution is 2.60. The van der Waals surface area contributed by atoms with E-state index < -0.39 is 0 Å². The first-order valence-electron chi connectivity index (χ1n) is 10.5. The van der Waals surface area contributed by atoms with Crippen LogP contribution in [0.15, 0.2) is 12.2 Å². The van der Waals surface area contributed by atoms with Crippen LogP contribution in [0.4, 0.5) is 0 Å². The van der Waals surface area contributed by atoms with Crippen LogP contribution in [-0.2, 0) is 19.0 Å². The summed E-state index contributed by atoms with van der Waals surface area (Å²) in [6.07, 6.45) is 10.9. The first kappa shape index (κ1) is 18.5. The van der Waals surface area contributed by atoms with E-state index in [1.54, 1.807) is 6.92 Å². The van der Waals surface area contributed by atoms with Crippen molar-refractivity contribution in [3.63, 3.8) is 0 Å². The Labute approximate surface area is 157 Å². The van der Waals surface area contributed by atoms with E-state index >= 15 is 0 Å². The van der Waals surface area contributed by atoms with Gasteiger partial charge in [-0.3, -0.25) is 0 Å². The van der Waals surface area contributed by atoms with E-state index in [1.807, 2.05) is 0 Å². The fourth-order valence-electron chi connectivity index (χ4n) is 6.49. The second kappa shape index (κ2) is 6.63. The summed E-state index contributed by atoms with van der Waals surface area (Å²) in [5, 5.41) is 0. The summed E-state index contributed by atoms with van der Waals surface area (Å²) in [5.41, 5.74) is 0.172. The molecule has 26 heavy (non-hydrogen) atoms. The molecular weight excluding hydrogens is 328 g/mol. The summed E-state index contributed by atoms with van der Waals surface area (Å²) >= 11 is 0. The number of carbonyl (C=O) groups is 1. The van der Waals surface area contributed by atoms with Gasteiger partial charge in [-0.15, -0.1) is 0 Å². The van der Waals surface area contributed by atoms with Gasteiger partial charge in [-0.2, -0.15) is 0 Å². The van der Waals surface area contributed by atoms with Gasteiger partial charge in [0.15, 0.2) is 0 Å². The summed E-state index contributed by atoms with van der Waals surface area (Å²) < 4.78 is 18.5. The van der Waals surface area contributed by atoms with Gasteiger partial charge >= 0.3 is 5.97 Å². The molecule has 0 aromatic carbocycles. The molecule has 146 valence electrons. The van der Waals surface area contributed by atoms with E-state index in [-0.39, 0.29) is 22.8 Å². The van der Waals surface area contributed by atoms with Crippen molar-refractivity contribution in [2.24, 2.45) is 11.8 Å². The maximum atomic E-state index is 12.2. The lowest BCUT2D eigenvalue weighted by molar-refractivity contribution is -0.238. The minimum Gasteiger partial charge on any atom is -0.456 e.